The van der Waals surface area contributed by atoms with E-state index in [0.717, 1.165) is 5.56 Å². The van der Waals surface area contributed by atoms with Crippen molar-refractivity contribution in [2.45, 2.75) is 13.3 Å². The molecule has 0 aliphatic carbocycles. The highest BCUT2D eigenvalue weighted by Gasteiger charge is 2.03. The molecule has 1 rings (SSSR count). The van der Waals surface area contributed by atoms with E-state index in [1.54, 1.807) is 6.20 Å². The molecule has 1 heterocycles. The Bertz CT molecular complexity index is 246. The monoisotopic (exact) mass is 176 g/mol. The third kappa shape index (κ3) is 2.59. The number of hydrogen-bond acceptors (Lipinski definition) is 2. The molecule has 0 saturated carbocycles. The highest BCUT2D eigenvalue weighted by Crippen LogP contribution is 2.01. The summed E-state index contributed by atoms with van der Waals surface area (Å²) in [6, 6.07) is 0. The lowest BCUT2D eigenvalue weighted by Crippen LogP contribution is -2.01. The zero-order valence-corrected chi connectivity index (χ0v) is 6.81. The van der Waals surface area contributed by atoms with Crippen molar-refractivity contribution in [1.29, 1.82) is 0 Å². The van der Waals surface area contributed by atoms with Crippen LogP contribution >= 0.6 is 12.4 Å². The number of aromatic nitrogens is 2. The second kappa shape index (κ2) is 3.98. The van der Waals surface area contributed by atoms with Gasteiger partial charge in [-0.05, 0) is 12.5 Å². The number of halogens is 1. The van der Waals surface area contributed by atoms with Crippen LogP contribution in [0.1, 0.15) is 11.3 Å². The summed E-state index contributed by atoms with van der Waals surface area (Å²) >= 11 is 0. The molecule has 11 heavy (non-hydrogen) atoms. The first-order chi connectivity index (χ1) is 4.70. The van der Waals surface area contributed by atoms with Crippen molar-refractivity contribution in [3.8, 4) is 0 Å². The number of carboxylic acid groups (broad SMARTS) is 1. The van der Waals surface area contributed by atoms with Gasteiger partial charge in [-0.15, -0.1) is 12.4 Å². The van der Waals surface area contributed by atoms with Crippen LogP contribution in [0.3, 0.4) is 0 Å². The predicted molar refractivity (Wildman–Crippen MR) is 41.9 cm³/mol. The first-order valence-corrected chi connectivity index (χ1v) is 2.91. The Hall–Kier alpha value is -1.03. The number of nitrogens with one attached hydrogen (secondary N) is 1. The van der Waals surface area contributed by atoms with Gasteiger partial charge >= 0.3 is 5.97 Å². The van der Waals surface area contributed by atoms with Crippen molar-refractivity contribution in [3.05, 3.63) is 17.5 Å². The number of rotatable bonds is 2. The summed E-state index contributed by atoms with van der Waals surface area (Å²) in [7, 11) is 0. The number of nitrogens with zero attached hydrogens (tertiary/aromatic N) is 1. The van der Waals surface area contributed by atoms with Gasteiger partial charge < -0.3 is 5.11 Å². The number of aromatic amines is 1. The van der Waals surface area contributed by atoms with Crippen molar-refractivity contribution in [3.63, 3.8) is 0 Å². The molecule has 0 unspecified atom stereocenters. The lowest BCUT2D eigenvalue weighted by atomic mass is 10.2. The standard InChI is InChI=1S/C6H8N2O2.ClH/c1-4-3-7-8-5(4)2-6(9)10;/h3H,2H2,1H3,(H,7,8)(H,9,10);1H. The van der Waals surface area contributed by atoms with E-state index < -0.39 is 5.97 Å². The molecule has 2 N–H and O–H groups in total. The normalized spacial score (nSPS) is 8.82. The van der Waals surface area contributed by atoms with Crippen LogP contribution in [0.4, 0.5) is 0 Å². The van der Waals surface area contributed by atoms with Crippen molar-refractivity contribution >= 4 is 18.4 Å². The van der Waals surface area contributed by atoms with Crippen LogP contribution in [0.2, 0.25) is 0 Å². The lowest BCUT2D eigenvalue weighted by molar-refractivity contribution is -0.136. The zero-order valence-electron chi connectivity index (χ0n) is 6.00. The lowest BCUT2D eigenvalue weighted by Gasteiger charge is -1.90. The molecule has 1 aromatic rings. The molecule has 0 atom stereocenters. The van der Waals surface area contributed by atoms with Crippen LogP contribution in [0.15, 0.2) is 6.20 Å². The molecule has 5 heteroatoms. The molecule has 0 spiro atoms. The minimum Gasteiger partial charge on any atom is -0.481 e. The second-order valence-corrected chi connectivity index (χ2v) is 2.10. The first kappa shape index (κ1) is 9.97. The van der Waals surface area contributed by atoms with Crippen LogP contribution in [0, 0.1) is 6.92 Å². The van der Waals surface area contributed by atoms with Crippen molar-refractivity contribution in [1.82, 2.24) is 10.2 Å². The number of carboxylic acids is 1. The van der Waals surface area contributed by atoms with Crippen molar-refractivity contribution in [2.24, 2.45) is 0 Å². The van der Waals surface area contributed by atoms with Crippen LogP contribution in [0.5, 0.6) is 0 Å². The fraction of sp³-hybridized carbons (Fsp3) is 0.333. The van der Waals surface area contributed by atoms with Gasteiger partial charge in [0.2, 0.25) is 0 Å². The van der Waals surface area contributed by atoms with E-state index >= 15 is 0 Å². The molecule has 0 aliphatic heterocycles. The SMILES string of the molecule is Cc1cn[nH]c1CC(=O)O.Cl. The van der Waals surface area contributed by atoms with Gasteiger partial charge in [-0.1, -0.05) is 0 Å². The topological polar surface area (TPSA) is 66.0 Å². The number of H-pyrrole nitrogens is 1. The molecule has 4 nitrogen and oxygen atoms in total. The van der Waals surface area contributed by atoms with E-state index in [2.05, 4.69) is 10.2 Å². The van der Waals surface area contributed by atoms with Crippen LogP contribution in [-0.4, -0.2) is 21.3 Å². The molecular weight excluding hydrogens is 168 g/mol. The maximum absolute atomic E-state index is 10.2. The van der Waals surface area contributed by atoms with E-state index in [1.165, 1.54) is 0 Å². The predicted octanol–water partition coefficient (Wildman–Crippen LogP) is 0.767. The van der Waals surface area contributed by atoms with Crippen LogP contribution in [0.25, 0.3) is 0 Å². The third-order valence-electron chi connectivity index (χ3n) is 1.26. The summed E-state index contributed by atoms with van der Waals surface area (Å²) in [6.07, 6.45) is 1.63. The molecule has 1 aromatic heterocycles. The van der Waals surface area contributed by atoms with Gasteiger partial charge in [0.15, 0.2) is 0 Å². The van der Waals surface area contributed by atoms with Crippen molar-refractivity contribution < 1.29 is 9.90 Å². The molecule has 0 fully saturated rings. The summed E-state index contributed by atoms with van der Waals surface area (Å²) in [5.41, 5.74) is 1.56. The average molecular weight is 177 g/mol. The highest BCUT2D eigenvalue weighted by molar-refractivity contribution is 5.85. The summed E-state index contributed by atoms with van der Waals surface area (Å²) in [5, 5.41) is 14.7. The van der Waals surface area contributed by atoms with E-state index in [9.17, 15) is 4.79 Å². The average Bonchev–Trinajstić information content (AvgIpc) is 2.15. The van der Waals surface area contributed by atoms with Gasteiger partial charge in [0.25, 0.3) is 0 Å². The number of aryl methyl sites for hydroxylation is 1. The van der Waals surface area contributed by atoms with E-state index in [0.29, 0.717) is 5.69 Å². The van der Waals surface area contributed by atoms with Crippen LogP contribution in [-0.2, 0) is 11.2 Å². The van der Waals surface area contributed by atoms with Gasteiger partial charge in [0.05, 0.1) is 12.6 Å². The van der Waals surface area contributed by atoms with Gasteiger partial charge in [0, 0.05) is 5.69 Å². The zero-order chi connectivity index (χ0) is 7.56. The molecule has 0 radical (unpaired) electrons. The van der Waals surface area contributed by atoms with Gasteiger partial charge in [-0.3, -0.25) is 9.89 Å². The Morgan fingerprint density at radius 3 is 2.82 bits per heavy atom. The third-order valence-corrected chi connectivity index (χ3v) is 1.26. The Balaban J connectivity index is 0.000001000. The van der Waals surface area contributed by atoms with Gasteiger partial charge in [-0.25, -0.2) is 0 Å². The molecule has 0 aliphatic rings. The molecule has 0 saturated heterocycles. The number of aliphatic carboxylic acids is 1. The fourth-order valence-corrected chi connectivity index (χ4v) is 0.703. The summed E-state index contributed by atoms with van der Waals surface area (Å²) < 4.78 is 0. The summed E-state index contributed by atoms with van der Waals surface area (Å²) in [6.45, 7) is 1.82. The molecule has 62 valence electrons. The number of carbonyl (C=O) groups is 1. The minimum atomic E-state index is -0.840. The molecule has 0 bridgehead atoms. The quantitative estimate of drug-likeness (QED) is 0.700. The largest absolute Gasteiger partial charge is 0.481 e. The van der Waals surface area contributed by atoms with E-state index in [-0.39, 0.29) is 18.8 Å². The smallest absolute Gasteiger partial charge is 0.309 e. The Kier molecular flexibility index (Phi) is 3.60. The van der Waals surface area contributed by atoms with Crippen LogP contribution < -0.4 is 0 Å². The minimum absolute atomic E-state index is 0. The van der Waals surface area contributed by atoms with Crippen molar-refractivity contribution in [2.75, 3.05) is 0 Å². The highest BCUT2D eigenvalue weighted by atomic mass is 35.5. The fourth-order valence-electron chi connectivity index (χ4n) is 0.703. The maximum atomic E-state index is 10.2. The summed E-state index contributed by atoms with van der Waals surface area (Å²) in [5.74, 6) is -0.840. The second-order valence-electron chi connectivity index (χ2n) is 2.10. The number of hydrogen-bond donors (Lipinski definition) is 2. The Morgan fingerprint density at radius 1 is 1.82 bits per heavy atom. The molecule has 0 aromatic carbocycles. The van der Waals surface area contributed by atoms with Gasteiger partial charge in [0.1, 0.15) is 0 Å². The van der Waals surface area contributed by atoms with Gasteiger partial charge in [-0.2, -0.15) is 5.10 Å². The molecule has 0 amide bonds. The van der Waals surface area contributed by atoms with E-state index in [4.69, 9.17) is 5.11 Å². The Labute approximate surface area is 70.0 Å². The first-order valence-electron chi connectivity index (χ1n) is 2.91. The summed E-state index contributed by atoms with van der Waals surface area (Å²) in [4.78, 5) is 10.2. The van der Waals surface area contributed by atoms with E-state index in [1.807, 2.05) is 6.92 Å². The molecular formula is C6H9ClN2O2. The maximum Gasteiger partial charge on any atom is 0.309 e. The Morgan fingerprint density at radius 2 is 2.45 bits per heavy atom.